The zero-order chi connectivity index (χ0) is 20.1. The van der Waals surface area contributed by atoms with Crippen LogP contribution in [0.1, 0.15) is 29.3 Å². The van der Waals surface area contributed by atoms with Crippen LogP contribution in [0.15, 0.2) is 52.9 Å². The summed E-state index contributed by atoms with van der Waals surface area (Å²) in [5, 5.41) is 7.80. The maximum atomic E-state index is 12.5. The van der Waals surface area contributed by atoms with Crippen LogP contribution in [0, 0.1) is 0 Å². The number of methoxy groups -OCH3 is 1. The van der Waals surface area contributed by atoms with Crippen molar-refractivity contribution in [1.82, 2.24) is 10.2 Å². The molecule has 0 N–H and O–H groups in total. The van der Waals surface area contributed by atoms with E-state index in [-0.39, 0.29) is 23.1 Å². The molecule has 1 aromatic heterocycles. The molecular weight excluding hydrogens is 374 g/mol. The quantitative estimate of drug-likeness (QED) is 0.557. The Bertz CT molecular complexity index is 944. The highest BCUT2D eigenvalue weighted by Crippen LogP contribution is 2.27. The van der Waals surface area contributed by atoms with Crippen LogP contribution < -0.4 is 9.47 Å². The van der Waals surface area contributed by atoms with Crippen LogP contribution >= 0.6 is 0 Å². The van der Waals surface area contributed by atoms with Crippen LogP contribution in [0.3, 0.4) is 0 Å². The van der Waals surface area contributed by atoms with E-state index in [0.717, 1.165) is 0 Å². The van der Waals surface area contributed by atoms with Gasteiger partial charge in [-0.3, -0.25) is 0 Å². The van der Waals surface area contributed by atoms with Crippen molar-refractivity contribution in [3.05, 3.63) is 60.0 Å². The second-order valence-electron chi connectivity index (χ2n) is 5.60. The molecule has 0 bridgehead atoms. The Balaban J connectivity index is 1.72. The number of nitrogens with zero attached hydrogens (tertiary/aromatic N) is 2. The molecule has 7 nitrogen and oxygen atoms in total. The summed E-state index contributed by atoms with van der Waals surface area (Å²) in [4.78, 5) is 12.3. The van der Waals surface area contributed by atoms with Crippen molar-refractivity contribution in [2.24, 2.45) is 0 Å². The lowest BCUT2D eigenvalue weighted by molar-refractivity contribution is -0.0506. The van der Waals surface area contributed by atoms with Crippen LogP contribution in [0.5, 0.6) is 11.5 Å². The van der Waals surface area contributed by atoms with Gasteiger partial charge in [0.25, 0.3) is 5.89 Å². The van der Waals surface area contributed by atoms with Crippen molar-refractivity contribution in [1.29, 1.82) is 0 Å². The fourth-order valence-corrected chi connectivity index (χ4v) is 2.36. The summed E-state index contributed by atoms with van der Waals surface area (Å²) in [6, 6.07) is 12.5. The highest BCUT2D eigenvalue weighted by molar-refractivity contribution is 5.92. The molecule has 146 valence electrons. The fourth-order valence-electron chi connectivity index (χ4n) is 2.36. The molecule has 3 rings (SSSR count). The number of para-hydroxylation sites is 1. The van der Waals surface area contributed by atoms with E-state index in [1.807, 2.05) is 0 Å². The first-order chi connectivity index (χ1) is 13.5. The number of benzene rings is 2. The van der Waals surface area contributed by atoms with E-state index in [1.165, 1.54) is 31.2 Å². The maximum Gasteiger partial charge on any atom is 0.387 e. The molecule has 0 aliphatic carbocycles. The predicted molar refractivity (Wildman–Crippen MR) is 93.2 cm³/mol. The molecule has 0 fully saturated rings. The summed E-state index contributed by atoms with van der Waals surface area (Å²) in [6.45, 7) is -1.53. The summed E-state index contributed by atoms with van der Waals surface area (Å²) in [5.41, 5.74) is 0.526. The maximum absolute atomic E-state index is 12.5. The van der Waals surface area contributed by atoms with Gasteiger partial charge in [-0.25, -0.2) is 4.79 Å². The number of ether oxygens (including phenoxy) is 3. The molecule has 0 amide bonds. The van der Waals surface area contributed by atoms with Gasteiger partial charge in [-0.1, -0.05) is 12.1 Å². The van der Waals surface area contributed by atoms with Crippen molar-refractivity contribution in [3.8, 4) is 23.0 Å². The number of hydrogen-bond acceptors (Lipinski definition) is 7. The third kappa shape index (κ3) is 4.43. The van der Waals surface area contributed by atoms with Crippen LogP contribution in [0.4, 0.5) is 8.78 Å². The largest absolute Gasteiger partial charge is 0.497 e. The highest BCUT2D eigenvalue weighted by atomic mass is 19.3. The third-order valence-electron chi connectivity index (χ3n) is 3.73. The summed E-state index contributed by atoms with van der Waals surface area (Å²) in [6.07, 6.45) is -0.897. The summed E-state index contributed by atoms with van der Waals surface area (Å²) < 4.78 is 45.2. The van der Waals surface area contributed by atoms with Crippen molar-refractivity contribution < 1.29 is 32.2 Å². The Morgan fingerprint density at radius 1 is 1.07 bits per heavy atom. The number of halogens is 2. The number of aromatic nitrogens is 2. The molecule has 28 heavy (non-hydrogen) atoms. The molecule has 9 heteroatoms. The fraction of sp³-hybridized carbons (Fsp3) is 0.211. The average Bonchev–Trinajstić information content (AvgIpc) is 3.18. The van der Waals surface area contributed by atoms with Gasteiger partial charge in [0.2, 0.25) is 5.89 Å². The van der Waals surface area contributed by atoms with Gasteiger partial charge in [-0.2, -0.15) is 8.78 Å². The smallest absolute Gasteiger partial charge is 0.387 e. The highest BCUT2D eigenvalue weighted by Gasteiger charge is 2.23. The standard InChI is InChI=1S/C19H16F2N2O5/c1-11(26-18(24)14-5-3-4-6-15(14)27-19(20)21)16-22-23-17(28-16)12-7-9-13(25-2)10-8-12/h3-11,19H,1-2H3. The van der Waals surface area contributed by atoms with Gasteiger partial charge < -0.3 is 18.6 Å². The monoisotopic (exact) mass is 390 g/mol. The minimum atomic E-state index is -3.06. The molecule has 0 aliphatic heterocycles. The first-order valence-corrected chi connectivity index (χ1v) is 8.20. The van der Waals surface area contributed by atoms with Crippen molar-refractivity contribution in [3.63, 3.8) is 0 Å². The normalized spacial score (nSPS) is 11.9. The number of hydrogen-bond donors (Lipinski definition) is 0. The number of esters is 1. The third-order valence-corrected chi connectivity index (χ3v) is 3.73. The van der Waals surface area contributed by atoms with Crippen LogP contribution in [0.2, 0.25) is 0 Å². The number of carbonyl (C=O) groups excluding carboxylic acids is 1. The summed E-state index contributed by atoms with van der Waals surface area (Å²) in [5.74, 6) is -0.156. The molecule has 1 unspecified atom stereocenters. The minimum Gasteiger partial charge on any atom is -0.497 e. The minimum absolute atomic E-state index is 0.0615. The van der Waals surface area contributed by atoms with E-state index in [1.54, 1.807) is 31.4 Å². The number of rotatable bonds is 7. The molecule has 0 saturated carbocycles. The zero-order valence-electron chi connectivity index (χ0n) is 15.0. The molecule has 1 heterocycles. The van der Waals surface area contributed by atoms with Gasteiger partial charge in [0, 0.05) is 5.56 Å². The molecule has 0 aliphatic rings. The van der Waals surface area contributed by atoms with E-state index in [2.05, 4.69) is 14.9 Å². The SMILES string of the molecule is COc1ccc(-c2nnc(C(C)OC(=O)c3ccccc3OC(F)F)o2)cc1. The molecule has 3 aromatic rings. The lowest BCUT2D eigenvalue weighted by Gasteiger charge is -2.12. The molecule has 2 aromatic carbocycles. The Morgan fingerprint density at radius 3 is 2.46 bits per heavy atom. The average molecular weight is 390 g/mol. The Kier molecular flexibility index (Phi) is 5.83. The van der Waals surface area contributed by atoms with Crippen LogP contribution in [-0.2, 0) is 4.74 Å². The Labute approximate surface area is 158 Å². The molecule has 0 saturated heterocycles. The van der Waals surface area contributed by atoms with Gasteiger partial charge >= 0.3 is 12.6 Å². The lowest BCUT2D eigenvalue weighted by atomic mass is 10.2. The van der Waals surface area contributed by atoms with E-state index in [4.69, 9.17) is 13.9 Å². The van der Waals surface area contributed by atoms with Crippen molar-refractivity contribution in [2.45, 2.75) is 19.6 Å². The van der Waals surface area contributed by atoms with Gasteiger partial charge in [0.1, 0.15) is 17.1 Å². The molecule has 0 spiro atoms. The second-order valence-corrected chi connectivity index (χ2v) is 5.60. The summed E-state index contributed by atoms with van der Waals surface area (Å²) in [7, 11) is 1.56. The first kappa shape index (κ1) is 19.3. The summed E-state index contributed by atoms with van der Waals surface area (Å²) >= 11 is 0. The second kappa shape index (κ2) is 8.47. The van der Waals surface area contributed by atoms with E-state index >= 15 is 0 Å². The van der Waals surface area contributed by atoms with Crippen molar-refractivity contribution in [2.75, 3.05) is 7.11 Å². The van der Waals surface area contributed by atoms with E-state index in [9.17, 15) is 13.6 Å². The number of alkyl halides is 2. The van der Waals surface area contributed by atoms with E-state index in [0.29, 0.717) is 11.3 Å². The molecular formula is C19H16F2N2O5. The Morgan fingerprint density at radius 2 is 1.79 bits per heavy atom. The van der Waals surface area contributed by atoms with Gasteiger partial charge in [0.05, 0.1) is 7.11 Å². The van der Waals surface area contributed by atoms with Crippen LogP contribution in [0.25, 0.3) is 11.5 Å². The zero-order valence-corrected chi connectivity index (χ0v) is 15.0. The first-order valence-electron chi connectivity index (χ1n) is 8.20. The molecule has 1 atom stereocenters. The predicted octanol–water partition coefficient (Wildman–Crippen LogP) is 4.26. The van der Waals surface area contributed by atoms with Gasteiger partial charge in [-0.15, -0.1) is 10.2 Å². The van der Waals surface area contributed by atoms with E-state index < -0.39 is 18.7 Å². The number of carbonyl (C=O) groups is 1. The van der Waals surface area contributed by atoms with Gasteiger partial charge in [-0.05, 0) is 43.3 Å². The van der Waals surface area contributed by atoms with Crippen LogP contribution in [-0.4, -0.2) is 29.9 Å². The van der Waals surface area contributed by atoms with Gasteiger partial charge in [0.15, 0.2) is 6.10 Å². The topological polar surface area (TPSA) is 83.7 Å². The van der Waals surface area contributed by atoms with Crippen molar-refractivity contribution >= 4 is 5.97 Å². The lowest BCUT2D eigenvalue weighted by Crippen LogP contribution is -2.12. The molecule has 0 radical (unpaired) electrons. The Hall–Kier alpha value is -3.49.